The van der Waals surface area contributed by atoms with Gasteiger partial charge in [0.05, 0.1) is 6.07 Å². The molecule has 0 radical (unpaired) electrons. The van der Waals surface area contributed by atoms with Crippen LogP contribution in [-0.4, -0.2) is 34.9 Å². The molecule has 0 saturated carbocycles. The van der Waals surface area contributed by atoms with Crippen LogP contribution in [0.2, 0.25) is 10.0 Å². The van der Waals surface area contributed by atoms with Crippen molar-refractivity contribution in [2.75, 3.05) is 11.5 Å². The lowest BCUT2D eigenvalue weighted by Gasteiger charge is -2.33. The molecule has 3 aromatic carbocycles. The molecule has 1 atom stereocenters. The third kappa shape index (κ3) is 6.29. The van der Waals surface area contributed by atoms with Gasteiger partial charge < -0.3 is 10.6 Å². The number of amides is 2. The summed E-state index contributed by atoms with van der Waals surface area (Å²) in [5.41, 5.74) is -0.0145. The minimum absolute atomic E-state index is 0.140. The van der Waals surface area contributed by atoms with Crippen LogP contribution < -0.4 is 10.6 Å². The molecular formula is C28H23Cl2F2N3O2S. The number of rotatable bonds is 7. The Balaban J connectivity index is 1.61. The van der Waals surface area contributed by atoms with Gasteiger partial charge in [-0.25, -0.2) is 8.78 Å². The van der Waals surface area contributed by atoms with Crippen molar-refractivity contribution >= 4 is 46.8 Å². The first-order chi connectivity index (χ1) is 18.2. The molecule has 196 valence electrons. The topological polar surface area (TPSA) is 82.0 Å². The van der Waals surface area contributed by atoms with Crippen molar-refractivity contribution in [3.63, 3.8) is 0 Å². The van der Waals surface area contributed by atoms with Crippen LogP contribution in [-0.2, 0) is 11.2 Å². The standard InChI is InChI=1S/C28H23Cl2F2N3O2S/c29-21-5-2-1-4-18(21)19-9-8-17(14-22(19)30)26(36)34-25(15-20-23(31)6-3-7-24(20)32)27(37)35-28(16-33)10-12-38-13-11-28/h1-9,14,25H,10-13,15H2,(H,34,36)(H,35,37)/t25-/m0/s1. The number of benzene rings is 3. The number of nitrogens with one attached hydrogen (secondary N) is 2. The Hall–Kier alpha value is -3.12. The second kappa shape index (κ2) is 12.2. The van der Waals surface area contributed by atoms with Gasteiger partial charge in [-0.05, 0) is 54.7 Å². The fourth-order valence-corrected chi connectivity index (χ4v) is 5.95. The van der Waals surface area contributed by atoms with Crippen LogP contribution in [0.15, 0.2) is 60.7 Å². The fraction of sp³-hybridized carbons (Fsp3) is 0.250. The lowest BCUT2D eigenvalue weighted by atomic mass is 9.93. The predicted molar refractivity (Wildman–Crippen MR) is 146 cm³/mol. The number of nitrogens with zero attached hydrogens (tertiary/aromatic N) is 1. The van der Waals surface area contributed by atoms with E-state index in [0.717, 1.165) is 12.1 Å². The number of hydrogen-bond acceptors (Lipinski definition) is 4. The van der Waals surface area contributed by atoms with Gasteiger partial charge in [-0.3, -0.25) is 9.59 Å². The minimum Gasteiger partial charge on any atom is -0.340 e. The summed E-state index contributed by atoms with van der Waals surface area (Å²) >= 11 is 14.4. The third-order valence-electron chi connectivity index (χ3n) is 6.41. The molecule has 10 heteroatoms. The average molecular weight is 574 g/mol. The van der Waals surface area contributed by atoms with E-state index in [9.17, 15) is 23.6 Å². The van der Waals surface area contributed by atoms with E-state index in [1.807, 2.05) is 6.07 Å². The van der Waals surface area contributed by atoms with Gasteiger partial charge in [-0.2, -0.15) is 17.0 Å². The Morgan fingerprint density at radius 1 is 0.974 bits per heavy atom. The molecule has 2 amide bonds. The van der Waals surface area contributed by atoms with Gasteiger partial charge in [-0.1, -0.05) is 53.5 Å². The second-order valence-electron chi connectivity index (χ2n) is 8.90. The van der Waals surface area contributed by atoms with Crippen LogP contribution in [0.4, 0.5) is 8.78 Å². The van der Waals surface area contributed by atoms with Crippen LogP contribution in [0.1, 0.15) is 28.8 Å². The number of hydrogen-bond donors (Lipinski definition) is 2. The molecule has 1 saturated heterocycles. The summed E-state index contributed by atoms with van der Waals surface area (Å²) in [5, 5.41) is 15.8. The first kappa shape index (κ1) is 27.9. The molecule has 1 aliphatic heterocycles. The van der Waals surface area contributed by atoms with Gasteiger partial charge in [0, 0.05) is 38.7 Å². The van der Waals surface area contributed by atoms with Crippen molar-refractivity contribution in [1.82, 2.24) is 10.6 Å². The number of thioether (sulfide) groups is 1. The van der Waals surface area contributed by atoms with Gasteiger partial charge >= 0.3 is 0 Å². The first-order valence-electron chi connectivity index (χ1n) is 11.8. The second-order valence-corrected chi connectivity index (χ2v) is 10.9. The summed E-state index contributed by atoms with van der Waals surface area (Å²) < 4.78 is 28.9. The van der Waals surface area contributed by atoms with Gasteiger partial charge in [0.1, 0.15) is 23.2 Å². The average Bonchev–Trinajstić information content (AvgIpc) is 2.91. The zero-order valence-corrected chi connectivity index (χ0v) is 22.4. The van der Waals surface area contributed by atoms with E-state index in [-0.39, 0.29) is 16.1 Å². The lowest BCUT2D eigenvalue weighted by molar-refractivity contribution is -0.124. The minimum atomic E-state index is -1.35. The Bertz CT molecular complexity index is 1390. The van der Waals surface area contributed by atoms with E-state index in [4.69, 9.17) is 23.2 Å². The van der Waals surface area contributed by atoms with Crippen LogP contribution in [0.3, 0.4) is 0 Å². The maximum absolute atomic E-state index is 14.5. The maximum atomic E-state index is 14.5. The molecule has 38 heavy (non-hydrogen) atoms. The summed E-state index contributed by atoms with van der Waals surface area (Å²) in [4.78, 5) is 26.5. The Morgan fingerprint density at radius 3 is 2.26 bits per heavy atom. The molecule has 4 rings (SSSR count). The molecule has 0 unspecified atom stereocenters. The third-order valence-corrected chi connectivity index (χ3v) is 8.04. The molecule has 0 bridgehead atoms. The van der Waals surface area contributed by atoms with Crippen LogP contribution >= 0.6 is 35.0 Å². The SMILES string of the molecule is N#CC1(NC(=O)[C@H](Cc2c(F)cccc2F)NC(=O)c2ccc(-c3ccccc3Cl)c(Cl)c2)CCSCC1. The molecule has 1 aliphatic rings. The summed E-state index contributed by atoms with van der Waals surface area (Å²) in [6.07, 6.45) is 0.402. The Morgan fingerprint density at radius 2 is 1.63 bits per heavy atom. The molecule has 3 aromatic rings. The van der Waals surface area contributed by atoms with Crippen LogP contribution in [0.5, 0.6) is 0 Å². The summed E-state index contributed by atoms with van der Waals surface area (Å²) in [6.45, 7) is 0. The zero-order valence-electron chi connectivity index (χ0n) is 20.1. The maximum Gasteiger partial charge on any atom is 0.251 e. The number of carbonyl (C=O) groups is 2. The molecule has 0 aliphatic carbocycles. The highest BCUT2D eigenvalue weighted by Gasteiger charge is 2.37. The smallest absolute Gasteiger partial charge is 0.251 e. The number of nitriles is 1. The van der Waals surface area contributed by atoms with Crippen molar-refractivity contribution in [2.24, 2.45) is 0 Å². The summed E-state index contributed by atoms with van der Waals surface area (Å²) in [7, 11) is 0. The monoisotopic (exact) mass is 573 g/mol. The largest absolute Gasteiger partial charge is 0.340 e. The Labute approximate surface area is 233 Å². The van der Waals surface area contributed by atoms with E-state index in [0.29, 0.717) is 40.5 Å². The van der Waals surface area contributed by atoms with Crippen molar-refractivity contribution in [2.45, 2.75) is 30.8 Å². The van der Waals surface area contributed by atoms with Gasteiger partial charge in [0.15, 0.2) is 0 Å². The fourth-order valence-electron chi connectivity index (χ4n) is 4.24. The predicted octanol–water partition coefficient (Wildman–Crippen LogP) is 6.19. The van der Waals surface area contributed by atoms with Gasteiger partial charge in [-0.15, -0.1) is 0 Å². The van der Waals surface area contributed by atoms with E-state index >= 15 is 0 Å². The highest BCUT2D eigenvalue weighted by molar-refractivity contribution is 7.99. The highest BCUT2D eigenvalue weighted by Crippen LogP contribution is 2.33. The van der Waals surface area contributed by atoms with Crippen molar-refractivity contribution < 1.29 is 18.4 Å². The molecule has 1 fully saturated rings. The Kier molecular flexibility index (Phi) is 8.93. The van der Waals surface area contributed by atoms with Gasteiger partial charge in [0.25, 0.3) is 5.91 Å². The van der Waals surface area contributed by atoms with Crippen LogP contribution in [0.25, 0.3) is 11.1 Å². The van der Waals surface area contributed by atoms with Crippen molar-refractivity contribution in [3.05, 3.63) is 93.5 Å². The molecular weight excluding hydrogens is 551 g/mol. The van der Waals surface area contributed by atoms with Gasteiger partial charge in [0.2, 0.25) is 5.91 Å². The summed E-state index contributed by atoms with van der Waals surface area (Å²) in [6, 6.07) is 15.9. The quantitative estimate of drug-likeness (QED) is 0.353. The highest BCUT2D eigenvalue weighted by atomic mass is 35.5. The zero-order chi connectivity index (χ0) is 27.3. The van der Waals surface area contributed by atoms with E-state index < -0.39 is 41.5 Å². The first-order valence-corrected chi connectivity index (χ1v) is 13.7. The molecule has 5 nitrogen and oxygen atoms in total. The lowest BCUT2D eigenvalue weighted by Crippen LogP contribution is -2.57. The molecule has 1 heterocycles. The molecule has 0 aromatic heterocycles. The molecule has 2 N–H and O–H groups in total. The number of halogens is 4. The van der Waals surface area contributed by atoms with Crippen LogP contribution in [0, 0.1) is 23.0 Å². The van der Waals surface area contributed by atoms with E-state index in [2.05, 4.69) is 16.7 Å². The van der Waals surface area contributed by atoms with E-state index in [1.165, 1.54) is 18.2 Å². The summed E-state index contributed by atoms with van der Waals surface area (Å²) in [5.74, 6) is -1.68. The van der Waals surface area contributed by atoms with E-state index in [1.54, 1.807) is 36.0 Å². The van der Waals surface area contributed by atoms with Crippen molar-refractivity contribution in [1.29, 1.82) is 5.26 Å². The normalized spacial score (nSPS) is 15.2. The number of carbonyl (C=O) groups excluding carboxylic acids is 2. The van der Waals surface area contributed by atoms with Crippen molar-refractivity contribution in [3.8, 4) is 17.2 Å². The molecule has 0 spiro atoms.